The number of benzene rings is 2. The summed E-state index contributed by atoms with van der Waals surface area (Å²) in [5, 5.41) is 8.81. The Labute approximate surface area is 177 Å². The number of nitrogens with zero attached hydrogens (tertiary/aromatic N) is 1. The SMILES string of the molecule is Cl.O=C(O)CCN1CCOC(c2ccc(C(=O)c3cccc(C(F)(F)F)c3)cc2)C1. The summed E-state index contributed by atoms with van der Waals surface area (Å²) in [7, 11) is 0. The highest BCUT2D eigenvalue weighted by Crippen LogP contribution is 2.30. The van der Waals surface area contributed by atoms with Crippen LogP contribution in [0.25, 0.3) is 0 Å². The molecule has 1 aliphatic rings. The molecule has 0 spiro atoms. The van der Waals surface area contributed by atoms with Crippen molar-refractivity contribution in [1.29, 1.82) is 0 Å². The fourth-order valence-corrected chi connectivity index (χ4v) is 3.21. The second-order valence-electron chi connectivity index (χ2n) is 6.83. The molecule has 162 valence electrons. The molecule has 9 heteroatoms. The van der Waals surface area contributed by atoms with Crippen molar-refractivity contribution in [3.63, 3.8) is 0 Å². The summed E-state index contributed by atoms with van der Waals surface area (Å²) in [6, 6.07) is 10.9. The molecule has 1 atom stereocenters. The molecule has 0 aliphatic carbocycles. The van der Waals surface area contributed by atoms with Gasteiger partial charge in [-0.15, -0.1) is 12.4 Å². The number of carbonyl (C=O) groups excluding carboxylic acids is 1. The van der Waals surface area contributed by atoms with Gasteiger partial charge in [-0.05, 0) is 17.7 Å². The minimum Gasteiger partial charge on any atom is -0.481 e. The number of halogens is 4. The number of carboxylic acids is 1. The zero-order chi connectivity index (χ0) is 21.0. The van der Waals surface area contributed by atoms with E-state index in [0.29, 0.717) is 26.2 Å². The van der Waals surface area contributed by atoms with Crippen LogP contribution in [0.1, 0.15) is 39.6 Å². The first-order chi connectivity index (χ1) is 13.7. The minimum absolute atomic E-state index is 0. The Bertz CT molecular complexity index is 887. The summed E-state index contributed by atoms with van der Waals surface area (Å²) < 4.78 is 44.3. The van der Waals surface area contributed by atoms with Gasteiger partial charge in [-0.2, -0.15) is 13.2 Å². The Hall–Kier alpha value is -2.42. The Morgan fingerprint density at radius 2 is 1.80 bits per heavy atom. The Balaban J connectivity index is 0.00000320. The molecule has 3 rings (SSSR count). The fraction of sp³-hybridized carbons (Fsp3) is 0.333. The van der Waals surface area contributed by atoms with E-state index in [1.165, 1.54) is 12.1 Å². The zero-order valence-electron chi connectivity index (χ0n) is 15.9. The van der Waals surface area contributed by atoms with Crippen molar-refractivity contribution in [3.05, 3.63) is 70.8 Å². The predicted molar refractivity (Wildman–Crippen MR) is 106 cm³/mol. The van der Waals surface area contributed by atoms with E-state index in [0.717, 1.165) is 17.7 Å². The van der Waals surface area contributed by atoms with Gasteiger partial charge in [-0.3, -0.25) is 14.5 Å². The number of morpholine rings is 1. The summed E-state index contributed by atoms with van der Waals surface area (Å²) in [5.74, 6) is -1.35. The lowest BCUT2D eigenvalue weighted by molar-refractivity contribution is -0.138. The molecular weight excluding hydrogens is 423 g/mol. The highest BCUT2D eigenvalue weighted by molar-refractivity contribution is 6.09. The zero-order valence-corrected chi connectivity index (χ0v) is 16.7. The molecule has 1 heterocycles. The third-order valence-electron chi connectivity index (χ3n) is 4.79. The summed E-state index contributed by atoms with van der Waals surface area (Å²) in [5.41, 5.74) is 0.218. The molecular formula is C21H21ClF3NO4. The largest absolute Gasteiger partial charge is 0.481 e. The predicted octanol–water partition coefficient (Wildman–Crippen LogP) is 4.21. The quantitative estimate of drug-likeness (QED) is 0.677. The third kappa shape index (κ3) is 6.04. The van der Waals surface area contributed by atoms with Gasteiger partial charge in [0.1, 0.15) is 0 Å². The van der Waals surface area contributed by atoms with Crippen molar-refractivity contribution in [2.45, 2.75) is 18.7 Å². The molecule has 0 radical (unpaired) electrons. The molecule has 1 fully saturated rings. The Morgan fingerprint density at radius 3 is 2.43 bits per heavy atom. The second kappa shape index (κ2) is 10.1. The molecule has 2 aromatic rings. The van der Waals surface area contributed by atoms with Crippen molar-refractivity contribution in [1.82, 2.24) is 4.90 Å². The van der Waals surface area contributed by atoms with Gasteiger partial charge in [0.2, 0.25) is 0 Å². The lowest BCUT2D eigenvalue weighted by Gasteiger charge is -2.32. The normalized spacial score (nSPS) is 17.2. The first-order valence-electron chi connectivity index (χ1n) is 9.12. The first kappa shape index (κ1) is 23.9. The lowest BCUT2D eigenvalue weighted by atomic mass is 9.98. The van der Waals surface area contributed by atoms with Crippen LogP contribution in [0.3, 0.4) is 0 Å². The number of aliphatic carboxylic acids is 1. The maximum atomic E-state index is 12.9. The van der Waals surface area contributed by atoms with Crippen LogP contribution in [0.2, 0.25) is 0 Å². The van der Waals surface area contributed by atoms with Crippen LogP contribution in [0.4, 0.5) is 13.2 Å². The van der Waals surface area contributed by atoms with E-state index < -0.39 is 23.5 Å². The number of ketones is 1. The van der Waals surface area contributed by atoms with Gasteiger partial charge >= 0.3 is 12.1 Å². The van der Waals surface area contributed by atoms with Gasteiger partial charge in [0, 0.05) is 30.8 Å². The number of alkyl halides is 3. The number of carboxylic acid groups (broad SMARTS) is 1. The van der Waals surface area contributed by atoms with E-state index in [1.807, 2.05) is 4.90 Å². The smallest absolute Gasteiger partial charge is 0.416 e. The summed E-state index contributed by atoms with van der Waals surface area (Å²) in [4.78, 5) is 25.3. The van der Waals surface area contributed by atoms with Crippen molar-refractivity contribution in [3.8, 4) is 0 Å². The average Bonchev–Trinajstić information content (AvgIpc) is 2.71. The van der Waals surface area contributed by atoms with E-state index in [2.05, 4.69) is 0 Å². The molecule has 0 amide bonds. The third-order valence-corrected chi connectivity index (χ3v) is 4.79. The molecule has 0 saturated carbocycles. The highest BCUT2D eigenvalue weighted by atomic mass is 35.5. The standard InChI is InChI=1S/C21H20F3NO4.ClH/c22-21(23,24)17-3-1-2-16(12-17)20(28)15-6-4-14(5-7-15)18-13-25(10-11-29-18)9-8-19(26)27;/h1-7,12,18H,8-11,13H2,(H,26,27);1H. The fourth-order valence-electron chi connectivity index (χ4n) is 3.21. The van der Waals surface area contributed by atoms with E-state index >= 15 is 0 Å². The Morgan fingerprint density at radius 1 is 1.10 bits per heavy atom. The molecule has 1 aliphatic heterocycles. The Kier molecular flexibility index (Phi) is 8.00. The van der Waals surface area contributed by atoms with Crippen LogP contribution >= 0.6 is 12.4 Å². The molecule has 2 aromatic carbocycles. The van der Waals surface area contributed by atoms with E-state index in [9.17, 15) is 22.8 Å². The molecule has 5 nitrogen and oxygen atoms in total. The van der Waals surface area contributed by atoms with Crippen LogP contribution in [0, 0.1) is 0 Å². The van der Waals surface area contributed by atoms with Crippen LogP contribution in [0.15, 0.2) is 48.5 Å². The molecule has 1 saturated heterocycles. The summed E-state index contributed by atoms with van der Waals surface area (Å²) >= 11 is 0. The first-order valence-corrected chi connectivity index (χ1v) is 9.12. The van der Waals surface area contributed by atoms with E-state index in [-0.39, 0.29) is 36.1 Å². The van der Waals surface area contributed by atoms with Crippen LogP contribution in [0.5, 0.6) is 0 Å². The lowest BCUT2D eigenvalue weighted by Crippen LogP contribution is -2.39. The molecule has 1 unspecified atom stereocenters. The number of ether oxygens (including phenoxy) is 1. The maximum absolute atomic E-state index is 12.9. The minimum atomic E-state index is -4.51. The van der Waals surface area contributed by atoms with Gasteiger partial charge < -0.3 is 9.84 Å². The monoisotopic (exact) mass is 443 g/mol. The van der Waals surface area contributed by atoms with Crippen molar-refractivity contribution >= 4 is 24.2 Å². The van der Waals surface area contributed by atoms with Gasteiger partial charge in [0.25, 0.3) is 0 Å². The molecule has 0 bridgehead atoms. The van der Waals surface area contributed by atoms with Crippen molar-refractivity contribution in [2.24, 2.45) is 0 Å². The van der Waals surface area contributed by atoms with E-state index in [1.54, 1.807) is 24.3 Å². The summed E-state index contributed by atoms with van der Waals surface area (Å²) in [6.07, 6.45) is -4.71. The topological polar surface area (TPSA) is 66.8 Å². The maximum Gasteiger partial charge on any atom is 0.416 e. The number of hydrogen-bond acceptors (Lipinski definition) is 4. The summed E-state index contributed by atoms with van der Waals surface area (Å²) in [6.45, 7) is 2.08. The average molecular weight is 444 g/mol. The van der Waals surface area contributed by atoms with Gasteiger partial charge in [0.15, 0.2) is 5.78 Å². The molecule has 1 N–H and O–H groups in total. The van der Waals surface area contributed by atoms with E-state index in [4.69, 9.17) is 9.84 Å². The second-order valence-corrected chi connectivity index (χ2v) is 6.83. The number of rotatable bonds is 6. The number of hydrogen-bond donors (Lipinski definition) is 1. The van der Waals surface area contributed by atoms with Gasteiger partial charge in [-0.25, -0.2) is 0 Å². The van der Waals surface area contributed by atoms with Crippen molar-refractivity contribution in [2.75, 3.05) is 26.2 Å². The molecule has 0 aromatic heterocycles. The van der Waals surface area contributed by atoms with Gasteiger partial charge in [0.05, 0.1) is 24.7 Å². The van der Waals surface area contributed by atoms with Gasteiger partial charge in [-0.1, -0.05) is 36.4 Å². The van der Waals surface area contributed by atoms with Crippen LogP contribution in [-0.4, -0.2) is 48.0 Å². The van der Waals surface area contributed by atoms with Crippen molar-refractivity contribution < 1.29 is 32.6 Å². The molecule has 30 heavy (non-hydrogen) atoms. The van der Waals surface area contributed by atoms with Crippen LogP contribution < -0.4 is 0 Å². The highest BCUT2D eigenvalue weighted by Gasteiger charge is 2.31. The van der Waals surface area contributed by atoms with Crippen LogP contribution in [-0.2, 0) is 15.7 Å². The number of carbonyl (C=O) groups is 2.